The van der Waals surface area contributed by atoms with Gasteiger partial charge >= 0.3 is 5.97 Å². The van der Waals surface area contributed by atoms with Crippen molar-refractivity contribution in [1.82, 2.24) is 9.88 Å². The van der Waals surface area contributed by atoms with Crippen molar-refractivity contribution in [2.24, 2.45) is 11.8 Å². The molecule has 6 nitrogen and oxygen atoms in total. The monoisotopic (exact) mass is 252 g/mol. The number of carboxylic acids is 1. The predicted octanol–water partition coefficient (Wildman–Crippen LogP) is 1.08. The zero-order valence-electron chi connectivity index (χ0n) is 10.6. The normalized spacial score (nSPS) is 23.4. The van der Waals surface area contributed by atoms with Crippen molar-refractivity contribution in [2.45, 2.75) is 20.8 Å². The minimum Gasteiger partial charge on any atom is -0.481 e. The van der Waals surface area contributed by atoms with Crippen LogP contribution in [0.1, 0.15) is 29.1 Å². The van der Waals surface area contributed by atoms with E-state index in [0.29, 0.717) is 18.1 Å². The van der Waals surface area contributed by atoms with Gasteiger partial charge in [0, 0.05) is 20.0 Å². The number of aromatic nitrogens is 1. The highest BCUT2D eigenvalue weighted by atomic mass is 16.4. The number of aryl methyl sites for hydroxylation is 2. The Labute approximate surface area is 105 Å². The van der Waals surface area contributed by atoms with Crippen LogP contribution >= 0.6 is 0 Å². The van der Waals surface area contributed by atoms with Crippen LogP contribution in [0.15, 0.2) is 4.42 Å². The predicted molar refractivity (Wildman–Crippen MR) is 62.2 cm³/mol. The molecular formula is C12H16N2O4. The number of aliphatic carboxylic acids is 1. The lowest BCUT2D eigenvalue weighted by Crippen LogP contribution is -2.30. The largest absolute Gasteiger partial charge is 0.481 e. The number of oxazole rings is 1. The molecule has 0 radical (unpaired) electrons. The number of hydrogen-bond donors (Lipinski definition) is 1. The van der Waals surface area contributed by atoms with Crippen LogP contribution in [-0.4, -0.2) is 40.0 Å². The Morgan fingerprint density at radius 3 is 2.50 bits per heavy atom. The van der Waals surface area contributed by atoms with E-state index in [1.165, 1.54) is 4.90 Å². The Morgan fingerprint density at radius 2 is 2.06 bits per heavy atom. The Hall–Kier alpha value is -1.85. The van der Waals surface area contributed by atoms with Crippen molar-refractivity contribution in [3.63, 3.8) is 0 Å². The van der Waals surface area contributed by atoms with Gasteiger partial charge in [-0.1, -0.05) is 6.92 Å². The summed E-state index contributed by atoms with van der Waals surface area (Å²) in [7, 11) is 0. The molecule has 0 unspecified atom stereocenters. The van der Waals surface area contributed by atoms with E-state index in [9.17, 15) is 9.59 Å². The number of carboxylic acid groups (broad SMARTS) is 1. The summed E-state index contributed by atoms with van der Waals surface area (Å²) >= 11 is 0. The molecule has 1 aromatic heterocycles. The van der Waals surface area contributed by atoms with E-state index in [0.717, 1.165) is 0 Å². The minimum atomic E-state index is -0.858. The Morgan fingerprint density at radius 1 is 1.39 bits per heavy atom. The Kier molecular flexibility index (Phi) is 3.11. The van der Waals surface area contributed by atoms with Gasteiger partial charge in [-0.3, -0.25) is 9.59 Å². The summed E-state index contributed by atoms with van der Waals surface area (Å²) in [4.78, 5) is 28.8. The van der Waals surface area contributed by atoms with E-state index in [1.807, 2.05) is 6.92 Å². The molecule has 0 aliphatic carbocycles. The second-order valence-corrected chi connectivity index (χ2v) is 4.78. The van der Waals surface area contributed by atoms with E-state index in [2.05, 4.69) is 4.98 Å². The second kappa shape index (κ2) is 4.44. The van der Waals surface area contributed by atoms with E-state index in [4.69, 9.17) is 9.52 Å². The number of nitrogens with zero attached hydrogens (tertiary/aromatic N) is 2. The molecule has 1 amide bonds. The number of likely N-dealkylation sites (tertiary alicyclic amines) is 1. The summed E-state index contributed by atoms with van der Waals surface area (Å²) in [6, 6.07) is 0. The van der Waals surface area contributed by atoms with Crippen LogP contribution in [0.4, 0.5) is 0 Å². The van der Waals surface area contributed by atoms with Gasteiger partial charge in [0.1, 0.15) is 0 Å². The van der Waals surface area contributed by atoms with Crippen molar-refractivity contribution in [2.75, 3.05) is 13.1 Å². The first-order valence-corrected chi connectivity index (χ1v) is 5.86. The first-order valence-electron chi connectivity index (χ1n) is 5.86. The fourth-order valence-corrected chi connectivity index (χ4v) is 2.33. The molecule has 0 aromatic carbocycles. The Bertz CT molecular complexity index is 494. The summed E-state index contributed by atoms with van der Waals surface area (Å²) < 4.78 is 5.27. The summed E-state index contributed by atoms with van der Waals surface area (Å²) in [5, 5.41) is 9.04. The van der Waals surface area contributed by atoms with Crippen molar-refractivity contribution >= 4 is 11.9 Å². The summed E-state index contributed by atoms with van der Waals surface area (Å²) in [5.41, 5.74) is 0.545. The highest BCUT2D eigenvalue weighted by Crippen LogP contribution is 2.25. The number of carbonyl (C=O) groups excluding carboxylic acids is 1. The number of rotatable bonds is 2. The second-order valence-electron chi connectivity index (χ2n) is 4.78. The maximum atomic E-state index is 12.2. The molecule has 98 valence electrons. The van der Waals surface area contributed by atoms with Gasteiger partial charge in [0.15, 0.2) is 5.89 Å². The molecule has 1 aromatic rings. The summed E-state index contributed by atoms with van der Waals surface area (Å²) in [6.07, 6.45) is 0. The first kappa shape index (κ1) is 12.6. The number of amides is 1. The van der Waals surface area contributed by atoms with E-state index in [-0.39, 0.29) is 24.1 Å². The van der Waals surface area contributed by atoms with Gasteiger partial charge in [-0.25, -0.2) is 4.98 Å². The van der Waals surface area contributed by atoms with Gasteiger partial charge in [0.25, 0.3) is 5.91 Å². The van der Waals surface area contributed by atoms with Gasteiger partial charge < -0.3 is 14.4 Å². The molecule has 0 spiro atoms. The molecule has 2 atom stereocenters. The average molecular weight is 252 g/mol. The van der Waals surface area contributed by atoms with E-state index >= 15 is 0 Å². The average Bonchev–Trinajstić information content (AvgIpc) is 2.81. The molecule has 1 fully saturated rings. The van der Waals surface area contributed by atoms with Gasteiger partial charge in [0.2, 0.25) is 5.76 Å². The van der Waals surface area contributed by atoms with Crippen molar-refractivity contribution in [3.8, 4) is 0 Å². The molecule has 2 heterocycles. The van der Waals surface area contributed by atoms with Gasteiger partial charge in [0.05, 0.1) is 11.6 Å². The Balaban J connectivity index is 2.17. The number of hydrogen-bond acceptors (Lipinski definition) is 4. The fraction of sp³-hybridized carbons (Fsp3) is 0.583. The van der Waals surface area contributed by atoms with Crippen LogP contribution in [0, 0.1) is 25.7 Å². The van der Waals surface area contributed by atoms with Crippen LogP contribution in [0.2, 0.25) is 0 Å². The maximum absolute atomic E-state index is 12.2. The van der Waals surface area contributed by atoms with Crippen LogP contribution in [0.5, 0.6) is 0 Å². The zero-order chi connectivity index (χ0) is 13.4. The number of carbonyl (C=O) groups is 2. The third kappa shape index (κ3) is 2.10. The smallest absolute Gasteiger partial charge is 0.308 e. The molecule has 6 heteroatoms. The lowest BCUT2D eigenvalue weighted by molar-refractivity contribution is -0.142. The highest BCUT2D eigenvalue weighted by Gasteiger charge is 2.38. The fourth-order valence-electron chi connectivity index (χ4n) is 2.33. The van der Waals surface area contributed by atoms with Crippen molar-refractivity contribution in [3.05, 3.63) is 17.3 Å². The molecule has 1 aliphatic heterocycles. The third-order valence-corrected chi connectivity index (χ3v) is 3.31. The SMILES string of the molecule is Cc1nc(C)c(C(=O)N2C[C@@H](C)[C@H](C(=O)O)C2)o1. The van der Waals surface area contributed by atoms with E-state index < -0.39 is 11.9 Å². The zero-order valence-corrected chi connectivity index (χ0v) is 10.6. The highest BCUT2D eigenvalue weighted by molar-refractivity contribution is 5.93. The quantitative estimate of drug-likeness (QED) is 0.851. The third-order valence-electron chi connectivity index (χ3n) is 3.31. The summed E-state index contributed by atoms with van der Waals surface area (Å²) in [5.74, 6) is -1.02. The minimum absolute atomic E-state index is 0.0456. The van der Waals surface area contributed by atoms with Crippen molar-refractivity contribution in [1.29, 1.82) is 0 Å². The first-order chi connectivity index (χ1) is 8.40. The molecule has 2 rings (SSSR count). The van der Waals surface area contributed by atoms with Gasteiger partial charge in [-0.15, -0.1) is 0 Å². The standard InChI is InChI=1S/C12H16N2O4/c1-6-4-14(5-9(6)12(16)17)11(15)10-7(2)13-8(3)18-10/h6,9H,4-5H2,1-3H3,(H,16,17)/t6-,9-/m1/s1. The molecule has 1 aliphatic rings. The van der Waals surface area contributed by atoms with Crippen LogP contribution < -0.4 is 0 Å². The molecule has 1 N–H and O–H groups in total. The van der Waals surface area contributed by atoms with Gasteiger partial charge in [-0.05, 0) is 12.8 Å². The molecular weight excluding hydrogens is 236 g/mol. The molecule has 0 bridgehead atoms. The van der Waals surface area contributed by atoms with Crippen LogP contribution in [-0.2, 0) is 4.79 Å². The van der Waals surface area contributed by atoms with Crippen LogP contribution in [0.25, 0.3) is 0 Å². The lowest BCUT2D eigenvalue weighted by atomic mass is 9.99. The van der Waals surface area contributed by atoms with Crippen molar-refractivity contribution < 1.29 is 19.1 Å². The molecule has 18 heavy (non-hydrogen) atoms. The molecule has 0 saturated carbocycles. The van der Waals surface area contributed by atoms with E-state index in [1.54, 1.807) is 13.8 Å². The topological polar surface area (TPSA) is 83.6 Å². The maximum Gasteiger partial charge on any atom is 0.308 e. The molecule has 1 saturated heterocycles. The van der Waals surface area contributed by atoms with Gasteiger partial charge in [-0.2, -0.15) is 0 Å². The summed E-state index contributed by atoms with van der Waals surface area (Å²) in [6.45, 7) is 5.89. The lowest BCUT2D eigenvalue weighted by Gasteiger charge is -2.14. The van der Waals surface area contributed by atoms with Crippen LogP contribution in [0.3, 0.4) is 0 Å².